The van der Waals surface area contributed by atoms with Crippen molar-refractivity contribution in [1.82, 2.24) is 0 Å². The summed E-state index contributed by atoms with van der Waals surface area (Å²) in [5.41, 5.74) is 6.02. The molecule has 0 aromatic rings. The Balaban J connectivity index is 1.86. The first-order chi connectivity index (χ1) is 30.6. The molecule has 0 spiro atoms. The van der Waals surface area contributed by atoms with Crippen molar-refractivity contribution in [1.29, 1.82) is 0 Å². The SMILES string of the molecule is CC1O[C@@H](O[C@H]2/C=C/C=C/C=C/C=C/C=C/C=C/C=C/[C@H](C)[C@@H](O)[C@@H](C)[C@H](C)OC(=O)C[C@H](O)C[C@H](O)C[C@H](O)CC[C@@H](O)[C@H](O)C[C@]3(O)C[C@H](O)[C@@H](C(=O)O)[C@H](C2)O3)[C@H](O)C(N)[C@@H]1O. The van der Waals surface area contributed by atoms with Crippen LogP contribution >= 0.6 is 0 Å². The summed E-state index contributed by atoms with van der Waals surface area (Å²) in [5, 5.41) is 118. The van der Waals surface area contributed by atoms with E-state index in [1.165, 1.54) is 13.0 Å². The molecule has 0 radical (unpaired) electrons. The normalized spacial score (nSPS) is 45.5. The summed E-state index contributed by atoms with van der Waals surface area (Å²) < 4.78 is 23.1. The van der Waals surface area contributed by atoms with Gasteiger partial charge in [-0.3, -0.25) is 9.59 Å². The fourth-order valence-electron chi connectivity index (χ4n) is 7.96. The Kier molecular flexibility index (Phi) is 23.6. The van der Waals surface area contributed by atoms with Gasteiger partial charge in [-0.15, -0.1) is 0 Å². The van der Waals surface area contributed by atoms with Crippen molar-refractivity contribution >= 4 is 11.9 Å². The molecule has 0 aliphatic carbocycles. The summed E-state index contributed by atoms with van der Waals surface area (Å²) in [6, 6.07) is -1.15. The minimum atomic E-state index is -2.36. The highest BCUT2D eigenvalue weighted by Crippen LogP contribution is 2.38. The van der Waals surface area contributed by atoms with Gasteiger partial charge >= 0.3 is 11.9 Å². The van der Waals surface area contributed by atoms with Gasteiger partial charge in [0.1, 0.15) is 18.1 Å². The molecular formula is C47H73NO17. The lowest BCUT2D eigenvalue weighted by atomic mass is 9.82. The number of allylic oxidation sites excluding steroid dienone is 12. The molecule has 2 saturated heterocycles. The third-order valence-corrected chi connectivity index (χ3v) is 12.0. The van der Waals surface area contributed by atoms with Gasteiger partial charge in [0, 0.05) is 31.1 Å². The number of aliphatic carboxylic acids is 1. The third-order valence-electron chi connectivity index (χ3n) is 12.0. The molecule has 2 fully saturated rings. The number of esters is 1. The van der Waals surface area contributed by atoms with E-state index in [9.17, 15) is 65.8 Å². The van der Waals surface area contributed by atoms with Crippen molar-refractivity contribution in [3.05, 3.63) is 85.1 Å². The van der Waals surface area contributed by atoms with Crippen molar-refractivity contribution in [2.24, 2.45) is 23.5 Å². The molecule has 2 unspecified atom stereocenters. The minimum absolute atomic E-state index is 0.140. The van der Waals surface area contributed by atoms with Gasteiger partial charge in [-0.05, 0) is 39.5 Å². The maximum Gasteiger partial charge on any atom is 0.311 e. The summed E-state index contributed by atoms with van der Waals surface area (Å²) in [6.45, 7) is 6.74. The second-order valence-electron chi connectivity index (χ2n) is 17.6. The van der Waals surface area contributed by atoms with Crippen LogP contribution in [-0.2, 0) is 28.5 Å². The molecule has 368 valence electrons. The largest absolute Gasteiger partial charge is 0.481 e. The van der Waals surface area contributed by atoms with Gasteiger partial charge in [-0.25, -0.2) is 0 Å². The molecule has 0 amide bonds. The van der Waals surface area contributed by atoms with Crippen molar-refractivity contribution in [2.45, 2.75) is 177 Å². The van der Waals surface area contributed by atoms with Crippen LogP contribution in [0.3, 0.4) is 0 Å². The van der Waals surface area contributed by atoms with E-state index in [0.29, 0.717) is 0 Å². The van der Waals surface area contributed by atoms with Crippen LogP contribution in [0.5, 0.6) is 0 Å². The molecule has 3 rings (SSSR count). The van der Waals surface area contributed by atoms with Crippen LogP contribution in [0.25, 0.3) is 0 Å². The summed E-state index contributed by atoms with van der Waals surface area (Å²) in [5.74, 6) is -6.88. The summed E-state index contributed by atoms with van der Waals surface area (Å²) >= 11 is 0. The fraction of sp³-hybridized carbons (Fsp3) is 0.660. The molecule has 3 aliphatic heterocycles. The minimum Gasteiger partial charge on any atom is -0.481 e. The molecule has 13 N–H and O–H groups in total. The molecule has 18 heteroatoms. The molecule has 3 heterocycles. The average molecular weight is 924 g/mol. The Bertz CT molecular complexity index is 1670. The van der Waals surface area contributed by atoms with E-state index in [4.69, 9.17) is 24.7 Å². The number of cyclic esters (lactones) is 1. The molecule has 3 aliphatic rings. The zero-order chi connectivity index (χ0) is 48.4. The lowest BCUT2D eigenvalue weighted by Crippen LogP contribution is -2.61. The topological polar surface area (TPSA) is 320 Å². The van der Waals surface area contributed by atoms with E-state index in [1.54, 1.807) is 86.8 Å². The van der Waals surface area contributed by atoms with E-state index in [2.05, 4.69) is 0 Å². The van der Waals surface area contributed by atoms with Crippen LogP contribution in [-0.4, -0.2) is 166 Å². The van der Waals surface area contributed by atoms with Crippen molar-refractivity contribution in [3.63, 3.8) is 0 Å². The number of carbonyl (C=O) groups excluding carboxylic acids is 1. The van der Waals surface area contributed by atoms with Gasteiger partial charge in [0.2, 0.25) is 0 Å². The second kappa shape index (κ2) is 27.4. The van der Waals surface area contributed by atoms with Crippen LogP contribution in [0.4, 0.5) is 0 Å². The molecule has 18 nitrogen and oxygen atoms in total. The highest BCUT2D eigenvalue weighted by Gasteiger charge is 2.51. The van der Waals surface area contributed by atoms with Crippen LogP contribution in [0.2, 0.25) is 0 Å². The van der Waals surface area contributed by atoms with Gasteiger partial charge in [-0.2, -0.15) is 0 Å². The molecule has 65 heavy (non-hydrogen) atoms. The van der Waals surface area contributed by atoms with Crippen LogP contribution < -0.4 is 5.73 Å². The van der Waals surface area contributed by atoms with Crippen molar-refractivity contribution < 1.29 is 84.7 Å². The van der Waals surface area contributed by atoms with E-state index < -0.39 is 141 Å². The molecule has 0 aromatic heterocycles. The number of carboxylic acids is 1. The van der Waals surface area contributed by atoms with Crippen molar-refractivity contribution in [2.75, 3.05) is 0 Å². The number of hydrogen-bond acceptors (Lipinski definition) is 17. The fourth-order valence-corrected chi connectivity index (χ4v) is 7.96. The highest BCUT2D eigenvalue weighted by atomic mass is 16.7. The van der Waals surface area contributed by atoms with Gasteiger partial charge in [0.15, 0.2) is 12.1 Å². The van der Waals surface area contributed by atoms with Crippen LogP contribution in [0.1, 0.15) is 79.1 Å². The monoisotopic (exact) mass is 923 g/mol. The number of carbonyl (C=O) groups is 2. The van der Waals surface area contributed by atoms with E-state index in [0.717, 1.165) is 0 Å². The smallest absolute Gasteiger partial charge is 0.311 e. The van der Waals surface area contributed by atoms with Gasteiger partial charge in [0.25, 0.3) is 0 Å². The van der Waals surface area contributed by atoms with Crippen LogP contribution in [0.15, 0.2) is 85.1 Å². The third kappa shape index (κ3) is 18.6. The molecule has 0 saturated carbocycles. The Labute approximate surface area is 381 Å². The summed E-state index contributed by atoms with van der Waals surface area (Å²) in [4.78, 5) is 25.1. The molecule has 0 aromatic carbocycles. The second-order valence-corrected chi connectivity index (χ2v) is 17.6. The Morgan fingerprint density at radius 2 is 1.20 bits per heavy atom. The first-order valence-electron chi connectivity index (χ1n) is 22.3. The standard InChI is InChI=1S/C47H73NO17/c1-27-17-15-13-11-9-7-5-6-8-10-12-14-16-18-34(64-46-44(58)41(48)43(57)30(4)63-46)24-38-40(45(59)60)37(54)26-47(61,65-38)25-36(53)35(52)20-19-31(49)21-32(50)22-33(51)23-39(55)62-29(3)28(2)42(27)56/h5-18,27-38,40-44,46,49-54,56-58,61H,19-26,48H2,1-4H3,(H,59,60)/b6-5+,9-7+,10-8+,13-11+,14-12+,17-15+,18-16+/t27-,28-,29-,30?,31+,32+,33+,34-,35+,36+,37-,38-,40+,41?,42+,43+,44+,46-,47+/m0/s1. The average Bonchev–Trinajstić information content (AvgIpc) is 3.21. The van der Waals surface area contributed by atoms with E-state index in [1.807, 2.05) is 13.0 Å². The zero-order valence-electron chi connectivity index (χ0n) is 37.6. The molecule has 2 bridgehead atoms. The number of rotatable bonds is 3. The first kappa shape index (κ1) is 55.9. The van der Waals surface area contributed by atoms with Gasteiger partial charge in [-0.1, -0.05) is 98.9 Å². The van der Waals surface area contributed by atoms with Crippen molar-refractivity contribution in [3.8, 4) is 0 Å². The Morgan fingerprint density at radius 3 is 1.78 bits per heavy atom. The number of aliphatic hydroxyl groups excluding tert-OH is 9. The quantitative estimate of drug-likeness (QED) is 0.174. The zero-order valence-corrected chi connectivity index (χ0v) is 37.6. The Morgan fingerprint density at radius 1 is 0.662 bits per heavy atom. The number of ether oxygens (including phenoxy) is 4. The van der Waals surface area contributed by atoms with E-state index in [-0.39, 0.29) is 38.0 Å². The predicted octanol–water partition coefficient (Wildman–Crippen LogP) is 0.712. The van der Waals surface area contributed by atoms with Crippen LogP contribution in [0, 0.1) is 17.8 Å². The number of aliphatic hydroxyl groups is 10. The van der Waals surface area contributed by atoms with Gasteiger partial charge < -0.3 is 80.9 Å². The number of nitrogens with two attached hydrogens (primary N) is 1. The maximum atomic E-state index is 12.6. The lowest BCUT2D eigenvalue weighted by Gasteiger charge is -2.45. The lowest BCUT2D eigenvalue weighted by molar-refractivity contribution is -0.310. The Hall–Kier alpha value is -3.44. The number of hydrogen-bond donors (Lipinski definition) is 12. The molecule has 19 atom stereocenters. The summed E-state index contributed by atoms with van der Waals surface area (Å²) in [7, 11) is 0. The number of fused-ring (bicyclic) bond motifs is 2. The van der Waals surface area contributed by atoms with Gasteiger partial charge in [0.05, 0.1) is 79.6 Å². The number of carboxylic acid groups (broad SMARTS) is 1. The highest BCUT2D eigenvalue weighted by molar-refractivity contribution is 5.71. The molecular weight excluding hydrogens is 851 g/mol. The predicted molar refractivity (Wildman–Crippen MR) is 237 cm³/mol. The van der Waals surface area contributed by atoms with E-state index >= 15 is 0 Å². The summed E-state index contributed by atoms with van der Waals surface area (Å²) in [6.07, 6.45) is 3.49. The maximum absolute atomic E-state index is 12.6. The first-order valence-corrected chi connectivity index (χ1v) is 22.3.